The molecule has 1 aromatic carbocycles. The first-order valence-corrected chi connectivity index (χ1v) is 6.04. The van der Waals surface area contributed by atoms with Gasteiger partial charge < -0.3 is 16.0 Å². The van der Waals surface area contributed by atoms with Crippen molar-refractivity contribution in [1.29, 1.82) is 0 Å². The van der Waals surface area contributed by atoms with Gasteiger partial charge in [0.2, 0.25) is 0 Å². The minimum absolute atomic E-state index is 0.486. The molecular formula is C13H19N3. The molecule has 3 nitrogen and oxygen atoms in total. The predicted molar refractivity (Wildman–Crippen MR) is 68.9 cm³/mol. The maximum atomic E-state index is 6.07. The molecule has 1 saturated carbocycles. The van der Waals surface area contributed by atoms with Crippen LogP contribution in [0.25, 0.3) is 0 Å². The molecule has 0 bridgehead atoms. The Hall–Kier alpha value is -1.38. The van der Waals surface area contributed by atoms with Crippen molar-refractivity contribution in [2.24, 2.45) is 5.41 Å². The molecule has 1 aliphatic heterocycles. The molecular weight excluding hydrogens is 198 g/mol. The third-order valence-corrected chi connectivity index (χ3v) is 4.09. The van der Waals surface area contributed by atoms with Gasteiger partial charge in [-0.1, -0.05) is 12.5 Å². The minimum Gasteiger partial charge on any atom is -0.397 e. The van der Waals surface area contributed by atoms with Crippen LogP contribution in [0.1, 0.15) is 19.3 Å². The van der Waals surface area contributed by atoms with Gasteiger partial charge in [-0.3, -0.25) is 0 Å². The van der Waals surface area contributed by atoms with E-state index in [1.54, 1.807) is 0 Å². The molecule has 2 aliphatic rings. The van der Waals surface area contributed by atoms with Crippen molar-refractivity contribution in [3.63, 3.8) is 0 Å². The highest BCUT2D eigenvalue weighted by Crippen LogP contribution is 2.46. The predicted octanol–water partition coefficient (Wildman–Crippen LogP) is 2.30. The Morgan fingerprint density at radius 3 is 2.88 bits per heavy atom. The van der Waals surface area contributed by atoms with Gasteiger partial charge in [0.15, 0.2) is 0 Å². The lowest BCUT2D eigenvalue weighted by molar-refractivity contribution is 0.162. The van der Waals surface area contributed by atoms with Crippen molar-refractivity contribution < 1.29 is 0 Å². The van der Waals surface area contributed by atoms with Gasteiger partial charge in [-0.05, 0) is 25.0 Å². The van der Waals surface area contributed by atoms with Crippen LogP contribution < -0.4 is 16.0 Å². The summed E-state index contributed by atoms with van der Waals surface area (Å²) < 4.78 is 0. The summed E-state index contributed by atoms with van der Waals surface area (Å²) in [5.74, 6) is 0. The first-order chi connectivity index (χ1) is 7.70. The lowest BCUT2D eigenvalue weighted by atomic mass is 9.68. The van der Waals surface area contributed by atoms with Gasteiger partial charge >= 0.3 is 0 Å². The van der Waals surface area contributed by atoms with Gasteiger partial charge in [0, 0.05) is 25.6 Å². The Morgan fingerprint density at radius 1 is 1.38 bits per heavy atom. The number of para-hydroxylation sites is 1. The van der Waals surface area contributed by atoms with Crippen LogP contribution in [0.2, 0.25) is 0 Å². The zero-order valence-electron chi connectivity index (χ0n) is 9.79. The molecule has 0 amide bonds. The zero-order valence-corrected chi connectivity index (χ0v) is 9.79. The van der Waals surface area contributed by atoms with Crippen LogP contribution in [0.3, 0.4) is 0 Å². The van der Waals surface area contributed by atoms with E-state index in [2.05, 4.69) is 23.3 Å². The quantitative estimate of drug-likeness (QED) is 0.655. The van der Waals surface area contributed by atoms with Gasteiger partial charge in [0.25, 0.3) is 0 Å². The second-order valence-electron chi connectivity index (χ2n) is 5.31. The number of benzene rings is 1. The molecule has 1 spiro atoms. The average Bonchev–Trinajstić information content (AvgIpc) is 2.36. The fourth-order valence-electron chi connectivity index (χ4n) is 3.06. The van der Waals surface area contributed by atoms with Crippen LogP contribution in [0.4, 0.5) is 17.1 Å². The fraction of sp³-hybridized carbons (Fsp3) is 0.538. The molecule has 0 saturated heterocycles. The lowest BCUT2D eigenvalue weighted by Crippen LogP contribution is -2.43. The molecule has 1 fully saturated rings. The van der Waals surface area contributed by atoms with E-state index < -0.39 is 0 Å². The number of hydrogen-bond acceptors (Lipinski definition) is 3. The number of nitrogens with zero attached hydrogens (tertiary/aromatic N) is 1. The standard InChI is InChI=1S/C13H19N3/c1-16-9-13(6-3-7-13)8-15-11-5-2-4-10(14)12(11)16/h2,4-5,15H,3,6-9,14H2,1H3. The molecule has 0 radical (unpaired) electrons. The van der Waals surface area contributed by atoms with Crippen LogP contribution in [-0.4, -0.2) is 20.1 Å². The molecule has 1 heterocycles. The van der Waals surface area contributed by atoms with Gasteiger partial charge in [0.1, 0.15) is 0 Å². The van der Waals surface area contributed by atoms with E-state index in [1.807, 2.05) is 12.1 Å². The first-order valence-electron chi connectivity index (χ1n) is 6.04. The molecule has 86 valence electrons. The monoisotopic (exact) mass is 217 g/mol. The topological polar surface area (TPSA) is 41.3 Å². The summed E-state index contributed by atoms with van der Waals surface area (Å²) in [6.07, 6.45) is 4.07. The van der Waals surface area contributed by atoms with Gasteiger partial charge in [-0.25, -0.2) is 0 Å². The van der Waals surface area contributed by atoms with Gasteiger partial charge in [0.05, 0.1) is 17.1 Å². The van der Waals surface area contributed by atoms with Crippen LogP contribution in [0.15, 0.2) is 18.2 Å². The molecule has 3 N–H and O–H groups in total. The summed E-state index contributed by atoms with van der Waals surface area (Å²) in [5, 5.41) is 3.57. The Bertz CT molecular complexity index is 410. The van der Waals surface area contributed by atoms with Crippen LogP contribution in [0, 0.1) is 5.41 Å². The smallest absolute Gasteiger partial charge is 0.0833 e. The lowest BCUT2D eigenvalue weighted by Gasteiger charge is -2.43. The molecule has 0 aromatic heterocycles. The Balaban J connectivity index is 1.99. The number of fused-ring (bicyclic) bond motifs is 1. The van der Waals surface area contributed by atoms with Crippen LogP contribution in [-0.2, 0) is 0 Å². The van der Waals surface area contributed by atoms with Crippen molar-refractivity contribution in [2.45, 2.75) is 19.3 Å². The summed E-state index contributed by atoms with van der Waals surface area (Å²) in [6.45, 7) is 2.22. The number of nitrogens with two attached hydrogens (primary N) is 1. The maximum Gasteiger partial charge on any atom is 0.0833 e. The van der Waals surface area contributed by atoms with E-state index in [0.717, 1.165) is 18.8 Å². The van der Waals surface area contributed by atoms with Crippen LogP contribution in [0.5, 0.6) is 0 Å². The highest BCUT2D eigenvalue weighted by Gasteiger charge is 2.40. The van der Waals surface area contributed by atoms with Gasteiger partial charge in [-0.15, -0.1) is 0 Å². The molecule has 0 atom stereocenters. The fourth-order valence-corrected chi connectivity index (χ4v) is 3.06. The summed E-state index contributed by atoms with van der Waals surface area (Å²) in [6, 6.07) is 6.13. The van der Waals surface area contributed by atoms with E-state index in [0.29, 0.717) is 5.41 Å². The zero-order chi connectivity index (χ0) is 11.2. The highest BCUT2D eigenvalue weighted by molar-refractivity contribution is 5.82. The van der Waals surface area contributed by atoms with Crippen molar-refractivity contribution >= 4 is 17.1 Å². The van der Waals surface area contributed by atoms with E-state index in [9.17, 15) is 0 Å². The van der Waals surface area contributed by atoms with Crippen molar-refractivity contribution in [2.75, 3.05) is 36.1 Å². The molecule has 1 aromatic rings. The normalized spacial score (nSPS) is 21.9. The first kappa shape index (κ1) is 9.82. The van der Waals surface area contributed by atoms with Crippen LogP contribution >= 0.6 is 0 Å². The highest BCUT2D eigenvalue weighted by atomic mass is 15.2. The van der Waals surface area contributed by atoms with E-state index in [4.69, 9.17) is 5.73 Å². The summed E-state index contributed by atoms with van der Waals surface area (Å²) in [5.41, 5.74) is 9.79. The van der Waals surface area contributed by atoms with E-state index in [-0.39, 0.29) is 0 Å². The number of nitrogens with one attached hydrogen (secondary N) is 1. The Labute approximate surface area is 96.6 Å². The summed E-state index contributed by atoms with van der Waals surface area (Å²) in [7, 11) is 2.16. The van der Waals surface area contributed by atoms with Crippen molar-refractivity contribution in [1.82, 2.24) is 0 Å². The maximum absolute atomic E-state index is 6.07. The molecule has 3 rings (SSSR count). The van der Waals surface area contributed by atoms with Crippen molar-refractivity contribution in [3.05, 3.63) is 18.2 Å². The Morgan fingerprint density at radius 2 is 2.19 bits per heavy atom. The SMILES string of the molecule is CN1CC2(CCC2)CNc2cccc(N)c21. The summed E-state index contributed by atoms with van der Waals surface area (Å²) >= 11 is 0. The van der Waals surface area contributed by atoms with E-state index in [1.165, 1.54) is 30.6 Å². The summed E-state index contributed by atoms with van der Waals surface area (Å²) in [4.78, 5) is 2.32. The molecule has 1 aliphatic carbocycles. The van der Waals surface area contributed by atoms with Gasteiger partial charge in [-0.2, -0.15) is 0 Å². The second-order valence-corrected chi connectivity index (χ2v) is 5.31. The minimum atomic E-state index is 0.486. The average molecular weight is 217 g/mol. The number of nitrogen functional groups attached to an aromatic ring is 1. The van der Waals surface area contributed by atoms with E-state index >= 15 is 0 Å². The molecule has 16 heavy (non-hydrogen) atoms. The second kappa shape index (κ2) is 3.30. The third kappa shape index (κ3) is 1.34. The Kier molecular flexibility index (Phi) is 2.03. The van der Waals surface area contributed by atoms with Crippen molar-refractivity contribution in [3.8, 4) is 0 Å². The molecule has 3 heteroatoms. The number of anilines is 3. The largest absolute Gasteiger partial charge is 0.397 e. The number of rotatable bonds is 0. The number of hydrogen-bond donors (Lipinski definition) is 2. The third-order valence-electron chi connectivity index (χ3n) is 4.09. The molecule has 0 unspecified atom stereocenters.